The third-order valence-corrected chi connectivity index (χ3v) is 4.19. The van der Waals surface area contributed by atoms with Crippen LogP contribution in [-0.2, 0) is 11.3 Å². The zero-order chi connectivity index (χ0) is 22.4. The first-order valence-electron chi connectivity index (χ1n) is 9.64. The molecular weight excluding hydrogens is 422 g/mol. The number of carbonyl (C=O) groups is 1. The number of halogens is 1. The van der Waals surface area contributed by atoms with E-state index in [4.69, 9.17) is 21.1 Å². The van der Waals surface area contributed by atoms with Gasteiger partial charge in [-0.25, -0.2) is 4.79 Å². The molecule has 1 atom stereocenters. The number of amides is 1. The van der Waals surface area contributed by atoms with Crippen LogP contribution in [0.5, 0.6) is 11.5 Å². The number of aliphatic hydroxyl groups excluding tert-OH is 1. The number of aliphatic hydroxyl groups is 1. The third-order valence-electron chi connectivity index (χ3n) is 3.94. The Morgan fingerprint density at radius 3 is 2.32 bits per heavy atom. The van der Waals surface area contributed by atoms with E-state index in [9.17, 15) is 9.90 Å². The normalized spacial score (nSPS) is 12.3. The number of tetrazole rings is 1. The fraction of sp³-hybridized carbons (Fsp3) is 0.333. The number of nitrogens with one attached hydrogen (secondary N) is 1. The number of nitrogens with zero attached hydrogens (tertiary/aromatic N) is 4. The van der Waals surface area contributed by atoms with Crippen LogP contribution in [0.1, 0.15) is 20.8 Å². The fourth-order valence-corrected chi connectivity index (χ4v) is 2.69. The average Bonchev–Trinajstić information content (AvgIpc) is 3.17. The van der Waals surface area contributed by atoms with Crippen molar-refractivity contribution in [1.82, 2.24) is 25.5 Å². The Hall–Kier alpha value is -3.17. The first-order valence-corrected chi connectivity index (χ1v) is 10.0. The summed E-state index contributed by atoms with van der Waals surface area (Å²) >= 11 is 5.88. The van der Waals surface area contributed by atoms with E-state index in [-0.39, 0.29) is 13.2 Å². The molecule has 1 amide bonds. The minimum Gasteiger partial charge on any atom is -0.457 e. The fourth-order valence-electron chi connectivity index (χ4n) is 2.57. The Kier molecular flexibility index (Phi) is 7.09. The molecule has 0 fully saturated rings. The number of hydrogen-bond donors (Lipinski definition) is 2. The van der Waals surface area contributed by atoms with E-state index < -0.39 is 17.7 Å². The molecule has 0 spiro atoms. The van der Waals surface area contributed by atoms with Gasteiger partial charge in [0.2, 0.25) is 5.82 Å². The predicted octanol–water partition coefficient (Wildman–Crippen LogP) is 3.67. The second-order valence-corrected chi connectivity index (χ2v) is 8.21. The van der Waals surface area contributed by atoms with E-state index in [1.807, 2.05) is 12.1 Å². The van der Waals surface area contributed by atoms with Gasteiger partial charge in [-0.1, -0.05) is 11.6 Å². The first-order chi connectivity index (χ1) is 14.7. The average molecular weight is 446 g/mol. The van der Waals surface area contributed by atoms with E-state index >= 15 is 0 Å². The number of alkyl carbamates (subject to hydrolysis) is 1. The first kappa shape index (κ1) is 22.5. The maximum atomic E-state index is 11.9. The number of hydrogen-bond acceptors (Lipinski definition) is 7. The van der Waals surface area contributed by atoms with E-state index in [0.29, 0.717) is 22.3 Å². The molecule has 1 aromatic heterocycles. The number of benzene rings is 2. The summed E-state index contributed by atoms with van der Waals surface area (Å²) in [6, 6.07) is 13.7. The third kappa shape index (κ3) is 6.94. The number of ether oxygens (including phenoxy) is 2. The molecule has 0 saturated carbocycles. The van der Waals surface area contributed by atoms with Crippen molar-refractivity contribution in [3.05, 3.63) is 53.6 Å². The van der Waals surface area contributed by atoms with Crippen LogP contribution < -0.4 is 10.1 Å². The highest BCUT2D eigenvalue weighted by Crippen LogP contribution is 2.25. The molecule has 1 heterocycles. The highest BCUT2D eigenvalue weighted by Gasteiger charge is 2.20. The summed E-state index contributed by atoms with van der Waals surface area (Å²) in [5.74, 6) is 1.74. The number of carbonyl (C=O) groups excluding carboxylic acids is 1. The summed E-state index contributed by atoms with van der Waals surface area (Å²) in [6.45, 7) is 5.13. The predicted molar refractivity (Wildman–Crippen MR) is 115 cm³/mol. The molecule has 0 bridgehead atoms. The molecule has 3 aromatic rings. The summed E-state index contributed by atoms with van der Waals surface area (Å²) in [5, 5.41) is 25.1. The Balaban J connectivity index is 1.60. The van der Waals surface area contributed by atoms with Gasteiger partial charge in [-0.3, -0.25) is 0 Å². The molecule has 31 heavy (non-hydrogen) atoms. The van der Waals surface area contributed by atoms with Crippen molar-refractivity contribution in [2.45, 2.75) is 39.0 Å². The van der Waals surface area contributed by atoms with E-state index in [2.05, 4.69) is 20.7 Å². The smallest absolute Gasteiger partial charge is 0.408 e. The molecule has 0 radical (unpaired) electrons. The number of rotatable bonds is 7. The Morgan fingerprint density at radius 1 is 1.13 bits per heavy atom. The van der Waals surface area contributed by atoms with Crippen LogP contribution in [0.3, 0.4) is 0 Å². The summed E-state index contributed by atoms with van der Waals surface area (Å²) in [4.78, 5) is 13.2. The lowest BCUT2D eigenvalue weighted by atomic mass is 10.2. The van der Waals surface area contributed by atoms with Crippen molar-refractivity contribution in [3.8, 4) is 22.9 Å². The van der Waals surface area contributed by atoms with Crippen molar-refractivity contribution in [2.75, 3.05) is 6.61 Å². The van der Waals surface area contributed by atoms with Gasteiger partial charge < -0.3 is 19.9 Å². The lowest BCUT2D eigenvalue weighted by Crippen LogP contribution is -2.43. The largest absolute Gasteiger partial charge is 0.457 e. The van der Waals surface area contributed by atoms with Crippen LogP contribution in [0.2, 0.25) is 5.02 Å². The molecule has 10 heteroatoms. The highest BCUT2D eigenvalue weighted by atomic mass is 35.5. The van der Waals surface area contributed by atoms with Crippen molar-refractivity contribution in [2.24, 2.45) is 0 Å². The molecule has 2 N–H and O–H groups in total. The van der Waals surface area contributed by atoms with Gasteiger partial charge in [0, 0.05) is 10.6 Å². The van der Waals surface area contributed by atoms with Crippen molar-refractivity contribution < 1.29 is 19.4 Å². The van der Waals surface area contributed by atoms with Gasteiger partial charge in [-0.2, -0.15) is 4.80 Å². The molecule has 0 aliphatic heterocycles. The summed E-state index contributed by atoms with van der Waals surface area (Å²) in [7, 11) is 0. The zero-order valence-corrected chi connectivity index (χ0v) is 18.2. The minimum atomic E-state index is -0.633. The lowest BCUT2D eigenvalue weighted by Gasteiger charge is -2.22. The molecule has 164 valence electrons. The standard InChI is InChI=1S/C21H24ClN5O4/c1-21(2,3)31-20(29)23-16(13-28)12-27-25-19(24-26-27)14-4-8-17(9-5-14)30-18-10-6-15(22)7-11-18/h4-11,16,28H,12-13H2,1-3H3,(H,23,29)/t16-/m0/s1. The van der Waals surface area contributed by atoms with Gasteiger partial charge in [0.25, 0.3) is 0 Å². The van der Waals surface area contributed by atoms with Crippen LogP contribution in [0.4, 0.5) is 4.79 Å². The Labute approximate surface area is 184 Å². The quantitative estimate of drug-likeness (QED) is 0.570. The molecule has 0 saturated heterocycles. The maximum Gasteiger partial charge on any atom is 0.408 e. The van der Waals surface area contributed by atoms with Gasteiger partial charge in [0.05, 0.1) is 19.2 Å². The van der Waals surface area contributed by atoms with Gasteiger partial charge in [0.1, 0.15) is 17.1 Å². The van der Waals surface area contributed by atoms with Crippen molar-refractivity contribution >= 4 is 17.7 Å². The minimum absolute atomic E-state index is 0.139. The molecule has 2 aromatic carbocycles. The van der Waals surface area contributed by atoms with Crippen LogP contribution in [0, 0.1) is 0 Å². The molecule has 0 aliphatic rings. The molecule has 0 unspecified atom stereocenters. The summed E-state index contributed by atoms with van der Waals surface area (Å²) in [6.07, 6.45) is -0.622. The second kappa shape index (κ2) is 9.76. The van der Waals surface area contributed by atoms with Crippen LogP contribution in [-0.4, -0.2) is 49.7 Å². The second-order valence-electron chi connectivity index (χ2n) is 7.77. The summed E-state index contributed by atoms with van der Waals surface area (Å²) < 4.78 is 11.0. The van der Waals surface area contributed by atoms with Gasteiger partial charge in [-0.05, 0) is 74.5 Å². The van der Waals surface area contributed by atoms with Gasteiger partial charge >= 0.3 is 6.09 Å². The van der Waals surface area contributed by atoms with Crippen LogP contribution in [0.15, 0.2) is 48.5 Å². The van der Waals surface area contributed by atoms with Crippen molar-refractivity contribution in [1.29, 1.82) is 0 Å². The van der Waals surface area contributed by atoms with Crippen molar-refractivity contribution in [3.63, 3.8) is 0 Å². The monoisotopic (exact) mass is 445 g/mol. The Morgan fingerprint density at radius 2 is 1.74 bits per heavy atom. The van der Waals surface area contributed by atoms with Gasteiger partial charge in [-0.15, -0.1) is 10.2 Å². The SMILES string of the molecule is CC(C)(C)OC(=O)N[C@H](CO)Cn1nnc(-c2ccc(Oc3ccc(Cl)cc3)cc2)n1. The van der Waals surface area contributed by atoms with E-state index in [0.717, 1.165) is 5.56 Å². The van der Waals surface area contributed by atoms with Crippen LogP contribution in [0.25, 0.3) is 11.4 Å². The maximum absolute atomic E-state index is 11.9. The van der Waals surface area contributed by atoms with E-state index in [1.54, 1.807) is 57.2 Å². The molecule has 0 aliphatic carbocycles. The van der Waals surface area contributed by atoms with Crippen LogP contribution >= 0.6 is 11.6 Å². The van der Waals surface area contributed by atoms with Gasteiger partial charge in [0.15, 0.2) is 0 Å². The highest BCUT2D eigenvalue weighted by molar-refractivity contribution is 6.30. The Bertz CT molecular complexity index is 1000. The summed E-state index contributed by atoms with van der Waals surface area (Å²) in [5.41, 5.74) is 0.113. The molecular formula is C21H24ClN5O4. The molecule has 9 nitrogen and oxygen atoms in total. The number of aromatic nitrogens is 4. The molecule has 3 rings (SSSR count). The zero-order valence-electron chi connectivity index (χ0n) is 17.4. The lowest BCUT2D eigenvalue weighted by molar-refractivity contribution is 0.0472. The topological polar surface area (TPSA) is 111 Å². The van der Waals surface area contributed by atoms with E-state index in [1.165, 1.54) is 4.80 Å².